The van der Waals surface area contributed by atoms with Crippen molar-refractivity contribution in [2.24, 2.45) is 5.92 Å². The topological polar surface area (TPSA) is 36.1 Å². The van der Waals surface area contributed by atoms with Gasteiger partial charge in [0.15, 0.2) is 0 Å². The number of likely N-dealkylation sites (tertiary alicyclic amines) is 1. The number of piperidine rings is 1. The van der Waals surface area contributed by atoms with E-state index in [1.54, 1.807) is 0 Å². The van der Waals surface area contributed by atoms with Crippen molar-refractivity contribution in [3.05, 3.63) is 47.2 Å². The summed E-state index contributed by atoms with van der Waals surface area (Å²) in [5.74, 6) is 0.636. The second kappa shape index (κ2) is 4.32. The fourth-order valence-electron chi connectivity index (χ4n) is 3.60. The highest BCUT2D eigenvalue weighted by molar-refractivity contribution is 6.09. The maximum Gasteiger partial charge on any atom is 0.202 e. The summed E-state index contributed by atoms with van der Waals surface area (Å²) >= 11 is 0. The summed E-state index contributed by atoms with van der Waals surface area (Å²) in [4.78, 5) is 18.2. The molecule has 0 bridgehead atoms. The zero-order chi connectivity index (χ0) is 13.7. The Kier molecular flexibility index (Phi) is 2.57. The molecule has 2 aromatic rings. The molecule has 2 aliphatic rings. The number of fused-ring (bicyclic) bond motifs is 4. The van der Waals surface area contributed by atoms with Gasteiger partial charge in [-0.1, -0.05) is 23.8 Å². The smallest absolute Gasteiger partial charge is 0.202 e. The second-order valence-corrected chi connectivity index (χ2v) is 6.02. The fraction of sp³-hybridized carbons (Fsp3) is 0.353. The number of aromatic nitrogens is 1. The number of H-pyrrole nitrogens is 1. The summed E-state index contributed by atoms with van der Waals surface area (Å²) in [5.41, 5.74) is 4.42. The van der Waals surface area contributed by atoms with Crippen LogP contribution in [-0.2, 0) is 6.42 Å². The van der Waals surface area contributed by atoms with E-state index in [4.69, 9.17) is 0 Å². The van der Waals surface area contributed by atoms with Gasteiger partial charge in [-0.3, -0.25) is 4.79 Å². The molecule has 1 unspecified atom stereocenters. The van der Waals surface area contributed by atoms with Crippen molar-refractivity contribution in [3.63, 3.8) is 0 Å². The zero-order valence-corrected chi connectivity index (χ0v) is 11.6. The van der Waals surface area contributed by atoms with Crippen molar-refractivity contribution in [2.75, 3.05) is 20.1 Å². The van der Waals surface area contributed by atoms with Crippen molar-refractivity contribution in [1.82, 2.24) is 9.88 Å². The maximum atomic E-state index is 12.5. The Hall–Kier alpha value is -1.87. The molecule has 102 valence electrons. The lowest BCUT2D eigenvalue weighted by molar-refractivity contribution is 0.104. The number of carbonyl (C=O) groups excluding carboxylic acids is 1. The van der Waals surface area contributed by atoms with Crippen molar-refractivity contribution < 1.29 is 4.79 Å². The minimum absolute atomic E-state index is 0.151. The summed E-state index contributed by atoms with van der Waals surface area (Å²) in [6, 6.07) is 8.23. The molecule has 2 heterocycles. The molecule has 20 heavy (non-hydrogen) atoms. The number of hydrogen-bond donors (Lipinski definition) is 1. The highest BCUT2D eigenvalue weighted by atomic mass is 16.1. The third-order valence-corrected chi connectivity index (χ3v) is 4.67. The highest BCUT2D eigenvalue weighted by Crippen LogP contribution is 2.34. The standard InChI is InChI=1S/C17H18N2O/c1-19-7-6-11-9-16(20)17-14(8-12(11)10-19)13-4-2-3-5-15(13)18-17/h2-5,9,12,18H,6-8,10H2,1H3. The van der Waals surface area contributed by atoms with Crippen LogP contribution in [0.1, 0.15) is 22.5 Å². The van der Waals surface area contributed by atoms with Gasteiger partial charge in [0.1, 0.15) is 0 Å². The SMILES string of the molecule is CN1CCC2=CC(=O)c3[nH]c4ccccc4c3CC2C1. The van der Waals surface area contributed by atoms with E-state index in [2.05, 4.69) is 29.1 Å². The third-order valence-electron chi connectivity index (χ3n) is 4.67. The molecule has 1 aromatic carbocycles. The van der Waals surface area contributed by atoms with Gasteiger partial charge in [-0.15, -0.1) is 0 Å². The number of ketones is 1. The van der Waals surface area contributed by atoms with Gasteiger partial charge in [0.05, 0.1) is 5.69 Å². The molecular formula is C17H18N2O. The lowest BCUT2D eigenvalue weighted by Crippen LogP contribution is -2.34. The van der Waals surface area contributed by atoms with Crippen LogP contribution in [0.15, 0.2) is 35.9 Å². The number of nitrogens with zero attached hydrogens (tertiary/aromatic N) is 1. The minimum Gasteiger partial charge on any atom is -0.352 e. The van der Waals surface area contributed by atoms with Crippen LogP contribution in [0.25, 0.3) is 10.9 Å². The van der Waals surface area contributed by atoms with Crippen LogP contribution >= 0.6 is 0 Å². The van der Waals surface area contributed by atoms with Crippen LogP contribution < -0.4 is 0 Å². The lowest BCUT2D eigenvalue weighted by Gasteiger charge is -2.31. The first-order valence-corrected chi connectivity index (χ1v) is 7.25. The molecule has 4 rings (SSSR count). The molecular weight excluding hydrogens is 248 g/mol. The molecule has 1 N–H and O–H groups in total. The molecule has 1 atom stereocenters. The summed E-state index contributed by atoms with van der Waals surface area (Å²) in [6.07, 6.45) is 3.88. The molecule has 3 heteroatoms. The average Bonchev–Trinajstić information content (AvgIpc) is 2.74. The molecule has 3 nitrogen and oxygen atoms in total. The van der Waals surface area contributed by atoms with E-state index in [1.807, 2.05) is 18.2 Å². The Morgan fingerprint density at radius 2 is 2.15 bits per heavy atom. The second-order valence-electron chi connectivity index (χ2n) is 6.02. The van der Waals surface area contributed by atoms with Crippen molar-refractivity contribution in [2.45, 2.75) is 12.8 Å². The number of carbonyl (C=O) groups is 1. The molecule has 0 spiro atoms. The lowest BCUT2D eigenvalue weighted by atomic mass is 9.87. The van der Waals surface area contributed by atoms with Gasteiger partial charge < -0.3 is 9.88 Å². The monoisotopic (exact) mass is 266 g/mol. The number of rotatable bonds is 0. The number of benzene rings is 1. The van der Waals surface area contributed by atoms with Crippen molar-refractivity contribution >= 4 is 16.7 Å². The van der Waals surface area contributed by atoms with Crippen LogP contribution in [0.2, 0.25) is 0 Å². The Morgan fingerprint density at radius 3 is 3.05 bits per heavy atom. The van der Waals surface area contributed by atoms with Crippen molar-refractivity contribution in [1.29, 1.82) is 0 Å². The van der Waals surface area contributed by atoms with Gasteiger partial charge in [0.2, 0.25) is 5.78 Å². The number of para-hydroxylation sites is 1. The predicted molar refractivity (Wildman–Crippen MR) is 80.0 cm³/mol. The Bertz CT molecular complexity index is 726. The predicted octanol–water partition coefficient (Wildman–Crippen LogP) is 2.78. The largest absolute Gasteiger partial charge is 0.352 e. The van der Waals surface area contributed by atoms with Gasteiger partial charge in [-0.2, -0.15) is 0 Å². The van der Waals surface area contributed by atoms with E-state index in [-0.39, 0.29) is 5.78 Å². The van der Waals surface area contributed by atoms with E-state index in [0.29, 0.717) is 5.92 Å². The number of allylic oxidation sites excluding steroid dienone is 1. The van der Waals surface area contributed by atoms with Crippen LogP contribution in [0.3, 0.4) is 0 Å². The normalized spacial score (nSPS) is 23.1. The maximum absolute atomic E-state index is 12.5. The first kappa shape index (κ1) is 11.9. The molecule has 1 aromatic heterocycles. The first-order chi connectivity index (χ1) is 9.72. The van der Waals surface area contributed by atoms with E-state index >= 15 is 0 Å². The van der Waals surface area contributed by atoms with Crippen LogP contribution in [0, 0.1) is 5.92 Å². The molecule has 1 fully saturated rings. The van der Waals surface area contributed by atoms with Gasteiger partial charge in [-0.25, -0.2) is 0 Å². The van der Waals surface area contributed by atoms with E-state index in [1.165, 1.54) is 16.5 Å². The number of nitrogens with one attached hydrogen (secondary N) is 1. The minimum atomic E-state index is 0.151. The molecule has 1 saturated heterocycles. The van der Waals surface area contributed by atoms with Crippen LogP contribution in [0.4, 0.5) is 0 Å². The van der Waals surface area contributed by atoms with Crippen LogP contribution in [0.5, 0.6) is 0 Å². The highest BCUT2D eigenvalue weighted by Gasteiger charge is 2.29. The molecule has 0 amide bonds. The summed E-state index contributed by atoms with van der Waals surface area (Å²) in [5, 5.41) is 1.21. The van der Waals surface area contributed by atoms with E-state index < -0.39 is 0 Å². The Morgan fingerprint density at radius 1 is 1.30 bits per heavy atom. The van der Waals surface area contributed by atoms with Gasteiger partial charge >= 0.3 is 0 Å². The van der Waals surface area contributed by atoms with Crippen LogP contribution in [-0.4, -0.2) is 35.8 Å². The first-order valence-electron chi connectivity index (χ1n) is 7.25. The summed E-state index contributed by atoms with van der Waals surface area (Å²) in [6.45, 7) is 2.11. The Balaban J connectivity index is 1.87. The third kappa shape index (κ3) is 1.74. The fourth-order valence-corrected chi connectivity index (χ4v) is 3.60. The molecule has 0 radical (unpaired) electrons. The summed E-state index contributed by atoms with van der Waals surface area (Å²) < 4.78 is 0. The van der Waals surface area contributed by atoms with Gasteiger partial charge in [-0.05, 0) is 43.5 Å². The van der Waals surface area contributed by atoms with Crippen molar-refractivity contribution in [3.8, 4) is 0 Å². The molecule has 0 saturated carbocycles. The van der Waals surface area contributed by atoms with Gasteiger partial charge in [0, 0.05) is 24.0 Å². The average molecular weight is 266 g/mol. The van der Waals surface area contributed by atoms with E-state index in [0.717, 1.165) is 37.1 Å². The Labute approximate surface area is 118 Å². The quantitative estimate of drug-likeness (QED) is 0.796. The number of aromatic amines is 1. The number of hydrogen-bond acceptors (Lipinski definition) is 2. The molecule has 1 aliphatic carbocycles. The summed E-state index contributed by atoms with van der Waals surface area (Å²) in [7, 11) is 2.17. The van der Waals surface area contributed by atoms with Gasteiger partial charge in [0.25, 0.3) is 0 Å². The molecule has 1 aliphatic heterocycles. The van der Waals surface area contributed by atoms with E-state index in [9.17, 15) is 4.79 Å². The zero-order valence-electron chi connectivity index (χ0n) is 11.6.